The van der Waals surface area contributed by atoms with Crippen molar-refractivity contribution in [3.63, 3.8) is 0 Å². The van der Waals surface area contributed by atoms with Crippen LogP contribution in [0.2, 0.25) is 0 Å². The van der Waals surface area contributed by atoms with Gasteiger partial charge < -0.3 is 5.32 Å². The van der Waals surface area contributed by atoms with Crippen molar-refractivity contribution in [3.8, 4) is 0 Å². The molecule has 2 aromatic rings. The molecule has 152 valence electrons. The van der Waals surface area contributed by atoms with Crippen molar-refractivity contribution in [2.45, 2.75) is 44.3 Å². The molecular weight excluding hydrogens is 384 g/mol. The monoisotopic (exact) mass is 410 g/mol. The van der Waals surface area contributed by atoms with Crippen molar-refractivity contribution in [3.05, 3.63) is 65.2 Å². The van der Waals surface area contributed by atoms with Crippen LogP contribution in [0.1, 0.15) is 42.9 Å². The lowest BCUT2D eigenvalue weighted by Crippen LogP contribution is -2.51. The first-order valence-electron chi connectivity index (χ1n) is 9.81. The summed E-state index contributed by atoms with van der Waals surface area (Å²) in [5.41, 5.74) is 3.32. The molecule has 0 aromatic heterocycles. The molecule has 1 heterocycles. The lowest BCUT2D eigenvalue weighted by atomic mass is 9.72. The van der Waals surface area contributed by atoms with Gasteiger partial charge in [-0.05, 0) is 43.0 Å². The summed E-state index contributed by atoms with van der Waals surface area (Å²) in [4.78, 5) is 36.2. The summed E-state index contributed by atoms with van der Waals surface area (Å²) in [7, 11) is 0. The molecule has 1 saturated heterocycles. The van der Waals surface area contributed by atoms with Gasteiger partial charge in [-0.15, -0.1) is 11.8 Å². The second-order valence-electron chi connectivity index (χ2n) is 7.42. The van der Waals surface area contributed by atoms with Crippen LogP contribution in [0.4, 0.5) is 5.69 Å². The number of piperidine rings is 1. The van der Waals surface area contributed by atoms with Crippen LogP contribution in [0, 0.1) is 6.92 Å². The minimum Gasteiger partial charge on any atom is -0.325 e. The van der Waals surface area contributed by atoms with Crippen LogP contribution in [-0.4, -0.2) is 23.5 Å². The van der Waals surface area contributed by atoms with Gasteiger partial charge in [-0.1, -0.05) is 48.9 Å². The molecule has 2 aromatic carbocycles. The normalized spacial score (nSPS) is 19.0. The lowest BCUT2D eigenvalue weighted by Gasteiger charge is -2.35. The fraction of sp³-hybridized carbons (Fsp3) is 0.348. The average Bonchev–Trinajstić information content (AvgIpc) is 2.69. The van der Waals surface area contributed by atoms with Crippen LogP contribution in [0.5, 0.6) is 0 Å². The maximum absolute atomic E-state index is 12.5. The first-order valence-corrected chi connectivity index (χ1v) is 11.0. The first kappa shape index (κ1) is 21.1. The predicted molar refractivity (Wildman–Crippen MR) is 117 cm³/mol. The number of anilines is 1. The van der Waals surface area contributed by atoms with Crippen molar-refractivity contribution >= 4 is 35.2 Å². The van der Waals surface area contributed by atoms with Crippen LogP contribution >= 0.6 is 11.8 Å². The van der Waals surface area contributed by atoms with Gasteiger partial charge in [-0.3, -0.25) is 19.7 Å². The fourth-order valence-electron chi connectivity index (χ4n) is 3.70. The Morgan fingerprint density at radius 1 is 1.17 bits per heavy atom. The number of rotatable bonds is 7. The van der Waals surface area contributed by atoms with E-state index in [4.69, 9.17) is 0 Å². The highest BCUT2D eigenvalue weighted by Gasteiger charge is 2.42. The second-order valence-corrected chi connectivity index (χ2v) is 8.41. The summed E-state index contributed by atoms with van der Waals surface area (Å²) in [5, 5.41) is 5.36. The fourth-order valence-corrected chi connectivity index (χ4v) is 4.47. The van der Waals surface area contributed by atoms with Crippen molar-refractivity contribution in [1.29, 1.82) is 0 Å². The molecule has 1 atom stereocenters. The first-order chi connectivity index (χ1) is 13.9. The number of imide groups is 1. The molecule has 6 heteroatoms. The average molecular weight is 411 g/mol. The summed E-state index contributed by atoms with van der Waals surface area (Å²) in [6.07, 6.45) is 1.47. The van der Waals surface area contributed by atoms with Gasteiger partial charge in [-0.2, -0.15) is 0 Å². The predicted octanol–water partition coefficient (Wildman–Crippen LogP) is 3.95. The van der Waals surface area contributed by atoms with Crippen LogP contribution in [-0.2, 0) is 25.6 Å². The van der Waals surface area contributed by atoms with E-state index >= 15 is 0 Å². The SMILES string of the molecule is CCC1(c2ccc(NC(=O)CSCc3cccc(C)c3)cc2)CCC(=O)NC1=O. The number of thioether (sulfide) groups is 1. The molecule has 1 unspecified atom stereocenters. The zero-order valence-corrected chi connectivity index (χ0v) is 17.6. The van der Waals surface area contributed by atoms with E-state index in [1.54, 1.807) is 11.8 Å². The zero-order valence-electron chi connectivity index (χ0n) is 16.8. The molecule has 3 rings (SSSR count). The molecule has 3 amide bonds. The number of nitrogens with one attached hydrogen (secondary N) is 2. The number of hydrogen-bond donors (Lipinski definition) is 2. The third-order valence-electron chi connectivity index (χ3n) is 5.38. The zero-order chi connectivity index (χ0) is 20.9. The van der Waals surface area contributed by atoms with Crippen molar-refractivity contribution in [2.24, 2.45) is 0 Å². The van der Waals surface area contributed by atoms with Gasteiger partial charge in [0.25, 0.3) is 0 Å². The number of benzene rings is 2. The Morgan fingerprint density at radius 2 is 1.93 bits per heavy atom. The second kappa shape index (κ2) is 9.27. The third kappa shape index (κ3) is 5.07. The van der Waals surface area contributed by atoms with E-state index in [2.05, 4.69) is 35.8 Å². The van der Waals surface area contributed by atoms with E-state index in [1.807, 2.05) is 37.3 Å². The number of hydrogen-bond acceptors (Lipinski definition) is 4. The highest BCUT2D eigenvalue weighted by atomic mass is 32.2. The van der Waals surface area contributed by atoms with E-state index in [0.717, 1.165) is 11.3 Å². The molecule has 5 nitrogen and oxygen atoms in total. The standard InChI is InChI=1S/C23H26N2O3S/c1-3-23(12-11-20(26)25-22(23)28)18-7-9-19(10-8-18)24-21(27)15-29-14-17-6-4-5-16(2)13-17/h4-10,13H,3,11-12,14-15H2,1-2H3,(H,24,27)(H,25,26,28). The Balaban J connectivity index is 1.56. The number of carbonyl (C=O) groups excluding carboxylic acids is 3. The van der Waals surface area contributed by atoms with Crippen LogP contribution in [0.3, 0.4) is 0 Å². The smallest absolute Gasteiger partial charge is 0.237 e. The number of carbonyl (C=O) groups is 3. The quantitative estimate of drug-likeness (QED) is 0.678. The van der Waals surface area contributed by atoms with Crippen LogP contribution < -0.4 is 10.6 Å². The van der Waals surface area contributed by atoms with E-state index < -0.39 is 5.41 Å². The highest BCUT2D eigenvalue weighted by molar-refractivity contribution is 7.99. The van der Waals surface area contributed by atoms with Crippen molar-refractivity contribution < 1.29 is 14.4 Å². The molecule has 1 aliphatic rings. The van der Waals surface area contributed by atoms with Crippen LogP contribution in [0.25, 0.3) is 0 Å². The highest BCUT2D eigenvalue weighted by Crippen LogP contribution is 2.36. The topological polar surface area (TPSA) is 75.3 Å². The number of aryl methyl sites for hydroxylation is 1. The molecule has 0 spiro atoms. The molecule has 1 fully saturated rings. The van der Waals surface area contributed by atoms with E-state index in [1.165, 1.54) is 11.1 Å². The molecule has 0 aliphatic carbocycles. The van der Waals surface area contributed by atoms with Gasteiger partial charge in [0.15, 0.2) is 0 Å². The van der Waals surface area contributed by atoms with E-state index in [9.17, 15) is 14.4 Å². The van der Waals surface area contributed by atoms with Gasteiger partial charge >= 0.3 is 0 Å². The van der Waals surface area contributed by atoms with Gasteiger partial charge in [0, 0.05) is 17.9 Å². The molecule has 2 N–H and O–H groups in total. The molecule has 0 bridgehead atoms. The van der Waals surface area contributed by atoms with Crippen molar-refractivity contribution in [1.82, 2.24) is 5.32 Å². The Labute approximate surface area is 175 Å². The molecule has 0 radical (unpaired) electrons. The van der Waals surface area contributed by atoms with Gasteiger partial charge in [0.2, 0.25) is 17.7 Å². The van der Waals surface area contributed by atoms with Gasteiger partial charge in [0.1, 0.15) is 0 Å². The Morgan fingerprint density at radius 3 is 2.59 bits per heavy atom. The summed E-state index contributed by atoms with van der Waals surface area (Å²) in [6, 6.07) is 15.7. The Kier molecular flexibility index (Phi) is 6.75. The lowest BCUT2D eigenvalue weighted by molar-refractivity contribution is -0.138. The Bertz CT molecular complexity index is 911. The Hall–Kier alpha value is -2.60. The third-order valence-corrected chi connectivity index (χ3v) is 6.38. The molecule has 1 aliphatic heterocycles. The minimum absolute atomic E-state index is 0.0541. The van der Waals surface area contributed by atoms with E-state index in [0.29, 0.717) is 30.7 Å². The van der Waals surface area contributed by atoms with Crippen LogP contribution in [0.15, 0.2) is 48.5 Å². The summed E-state index contributed by atoms with van der Waals surface area (Å²) >= 11 is 1.57. The minimum atomic E-state index is -0.680. The number of amides is 3. The summed E-state index contributed by atoms with van der Waals surface area (Å²) in [6.45, 7) is 4.01. The van der Waals surface area contributed by atoms with E-state index in [-0.39, 0.29) is 17.7 Å². The largest absolute Gasteiger partial charge is 0.325 e. The molecule has 0 saturated carbocycles. The van der Waals surface area contributed by atoms with Gasteiger partial charge in [-0.25, -0.2) is 0 Å². The summed E-state index contributed by atoms with van der Waals surface area (Å²) in [5.74, 6) is 0.660. The maximum Gasteiger partial charge on any atom is 0.237 e. The maximum atomic E-state index is 12.5. The molecular formula is C23H26N2O3S. The summed E-state index contributed by atoms with van der Waals surface area (Å²) < 4.78 is 0. The van der Waals surface area contributed by atoms with Crippen molar-refractivity contribution in [2.75, 3.05) is 11.1 Å². The molecule has 29 heavy (non-hydrogen) atoms. The van der Waals surface area contributed by atoms with Gasteiger partial charge in [0.05, 0.1) is 11.2 Å².